The first-order valence-electron chi connectivity index (χ1n) is 7.39. The van der Waals surface area contributed by atoms with Crippen molar-refractivity contribution in [3.05, 3.63) is 22.8 Å². The predicted octanol–water partition coefficient (Wildman–Crippen LogP) is 1.57. The highest BCUT2D eigenvalue weighted by Crippen LogP contribution is 2.28. The van der Waals surface area contributed by atoms with Gasteiger partial charge in [0.2, 0.25) is 0 Å². The molecule has 0 bridgehead atoms. The van der Waals surface area contributed by atoms with E-state index >= 15 is 0 Å². The molecule has 0 amide bonds. The molecule has 0 aliphatic carbocycles. The number of methoxy groups -OCH3 is 1. The van der Waals surface area contributed by atoms with Crippen molar-refractivity contribution in [2.45, 2.75) is 45.8 Å². The van der Waals surface area contributed by atoms with Gasteiger partial charge >= 0.3 is 5.97 Å². The van der Waals surface area contributed by atoms with Gasteiger partial charge in [0.05, 0.1) is 12.8 Å². The van der Waals surface area contributed by atoms with Crippen LogP contribution in [0.1, 0.15) is 54.8 Å². The summed E-state index contributed by atoms with van der Waals surface area (Å²) < 4.78 is 10.7. The van der Waals surface area contributed by atoms with Crippen LogP contribution in [0.5, 0.6) is 0 Å². The predicted molar refractivity (Wildman–Crippen MR) is 78.1 cm³/mol. The zero-order chi connectivity index (χ0) is 15.5. The summed E-state index contributed by atoms with van der Waals surface area (Å²) in [6.07, 6.45) is 1.51. The van der Waals surface area contributed by atoms with Crippen LogP contribution < -0.4 is 5.32 Å². The van der Waals surface area contributed by atoms with E-state index in [1.165, 1.54) is 7.11 Å². The van der Waals surface area contributed by atoms with Gasteiger partial charge in [-0.25, -0.2) is 14.8 Å². The van der Waals surface area contributed by atoms with Gasteiger partial charge in [0, 0.05) is 31.7 Å². The molecule has 0 spiro atoms. The van der Waals surface area contributed by atoms with Crippen molar-refractivity contribution in [2.75, 3.05) is 20.3 Å². The molecule has 0 saturated carbocycles. The molecule has 0 saturated heterocycles. The number of nitrogens with one attached hydrogen (secondary N) is 1. The Morgan fingerprint density at radius 1 is 1.38 bits per heavy atom. The number of esters is 1. The summed E-state index contributed by atoms with van der Waals surface area (Å²) in [4.78, 5) is 21.2. The summed E-state index contributed by atoms with van der Waals surface area (Å²) in [6, 6.07) is 0. The molecule has 0 radical (unpaired) electrons. The van der Waals surface area contributed by atoms with E-state index < -0.39 is 11.6 Å². The van der Waals surface area contributed by atoms with E-state index in [2.05, 4.69) is 15.3 Å². The third-order valence-electron chi connectivity index (χ3n) is 3.92. The average Bonchev–Trinajstić information content (AvgIpc) is 2.53. The second-order valence-corrected chi connectivity index (χ2v) is 5.26. The van der Waals surface area contributed by atoms with E-state index in [-0.39, 0.29) is 0 Å². The first kappa shape index (κ1) is 15.9. The Balaban J connectivity index is 2.55. The summed E-state index contributed by atoms with van der Waals surface area (Å²) in [5, 5.41) is 3.24. The SMILES string of the molecule is CCOC(C)(CC)c1nc2c(c(C(=O)OC)n1)CNCC2. The number of ether oxygens (including phenoxy) is 2. The molecule has 0 fully saturated rings. The van der Waals surface area contributed by atoms with Crippen LogP contribution in [0.2, 0.25) is 0 Å². The fraction of sp³-hybridized carbons (Fsp3) is 0.667. The van der Waals surface area contributed by atoms with Gasteiger partial charge < -0.3 is 14.8 Å². The number of carbonyl (C=O) groups excluding carboxylic acids is 1. The standard InChI is InChI=1S/C15H23N3O3/c1-5-15(3,21-6-2)14-17-11-7-8-16-9-10(11)12(18-14)13(19)20-4/h16H,5-9H2,1-4H3. The number of aromatic nitrogens is 2. The van der Waals surface area contributed by atoms with Crippen molar-refractivity contribution in [1.82, 2.24) is 15.3 Å². The van der Waals surface area contributed by atoms with Crippen molar-refractivity contribution >= 4 is 5.97 Å². The Morgan fingerprint density at radius 2 is 2.14 bits per heavy atom. The fourth-order valence-corrected chi connectivity index (χ4v) is 2.49. The fourth-order valence-electron chi connectivity index (χ4n) is 2.49. The first-order chi connectivity index (χ1) is 10.1. The molecule has 1 atom stereocenters. The number of nitrogens with zero attached hydrogens (tertiary/aromatic N) is 2. The van der Waals surface area contributed by atoms with Gasteiger partial charge in [-0.1, -0.05) is 6.92 Å². The zero-order valence-electron chi connectivity index (χ0n) is 13.2. The first-order valence-corrected chi connectivity index (χ1v) is 7.39. The molecule has 21 heavy (non-hydrogen) atoms. The lowest BCUT2D eigenvalue weighted by Crippen LogP contribution is -2.33. The molecule has 116 valence electrons. The molecule has 0 aromatic carbocycles. The third kappa shape index (κ3) is 3.06. The van der Waals surface area contributed by atoms with Crippen LogP contribution >= 0.6 is 0 Å². The minimum Gasteiger partial charge on any atom is -0.464 e. The van der Waals surface area contributed by atoms with Crippen LogP contribution in [-0.2, 0) is 28.0 Å². The van der Waals surface area contributed by atoms with Crippen molar-refractivity contribution in [3.63, 3.8) is 0 Å². The minimum atomic E-state index is -0.586. The summed E-state index contributed by atoms with van der Waals surface area (Å²) in [7, 11) is 1.37. The van der Waals surface area contributed by atoms with Gasteiger partial charge in [-0.3, -0.25) is 0 Å². The quantitative estimate of drug-likeness (QED) is 0.831. The number of fused-ring (bicyclic) bond motifs is 1. The lowest BCUT2D eigenvalue weighted by atomic mass is 9.99. The molecule has 2 rings (SSSR count). The van der Waals surface area contributed by atoms with E-state index in [0.717, 1.165) is 30.6 Å². The normalized spacial score (nSPS) is 17.0. The Kier molecular flexibility index (Phi) is 4.90. The Morgan fingerprint density at radius 3 is 2.76 bits per heavy atom. The van der Waals surface area contributed by atoms with Crippen LogP contribution in [0, 0.1) is 0 Å². The maximum absolute atomic E-state index is 12.0. The van der Waals surface area contributed by atoms with Gasteiger partial charge in [-0.2, -0.15) is 0 Å². The minimum absolute atomic E-state index is 0.351. The van der Waals surface area contributed by atoms with Gasteiger partial charge in [-0.05, 0) is 20.3 Å². The Hall–Kier alpha value is -1.53. The maximum Gasteiger partial charge on any atom is 0.357 e. The van der Waals surface area contributed by atoms with Crippen LogP contribution in [0.4, 0.5) is 0 Å². The molecule has 1 N–H and O–H groups in total. The topological polar surface area (TPSA) is 73.3 Å². The van der Waals surface area contributed by atoms with Crippen LogP contribution in [0.3, 0.4) is 0 Å². The molecule has 1 aliphatic rings. The number of rotatable bonds is 5. The van der Waals surface area contributed by atoms with Crippen LogP contribution in [-0.4, -0.2) is 36.2 Å². The summed E-state index contributed by atoms with van der Waals surface area (Å²) in [5.41, 5.74) is 1.52. The Bertz CT molecular complexity index is 533. The highest BCUT2D eigenvalue weighted by molar-refractivity contribution is 5.89. The summed E-state index contributed by atoms with van der Waals surface area (Å²) in [6.45, 7) is 7.94. The van der Waals surface area contributed by atoms with E-state index in [0.29, 0.717) is 24.7 Å². The van der Waals surface area contributed by atoms with Gasteiger partial charge in [0.15, 0.2) is 11.5 Å². The highest BCUT2D eigenvalue weighted by atomic mass is 16.5. The van der Waals surface area contributed by atoms with Gasteiger partial charge in [0.1, 0.15) is 5.60 Å². The second kappa shape index (κ2) is 6.49. The molecular formula is C15H23N3O3. The van der Waals surface area contributed by atoms with E-state index in [4.69, 9.17) is 9.47 Å². The summed E-state index contributed by atoms with van der Waals surface area (Å²) in [5.74, 6) is 0.140. The molecule has 1 aliphatic heterocycles. The molecule has 1 unspecified atom stereocenters. The summed E-state index contributed by atoms with van der Waals surface area (Å²) >= 11 is 0. The lowest BCUT2D eigenvalue weighted by Gasteiger charge is -2.29. The van der Waals surface area contributed by atoms with Crippen molar-refractivity contribution in [2.24, 2.45) is 0 Å². The third-order valence-corrected chi connectivity index (χ3v) is 3.92. The molecule has 1 aromatic heterocycles. The van der Waals surface area contributed by atoms with Crippen molar-refractivity contribution in [1.29, 1.82) is 0 Å². The monoisotopic (exact) mass is 293 g/mol. The Labute approximate surface area is 125 Å². The molecule has 1 aromatic rings. The van der Waals surface area contributed by atoms with Crippen molar-refractivity contribution in [3.8, 4) is 0 Å². The van der Waals surface area contributed by atoms with E-state index in [1.807, 2.05) is 20.8 Å². The second-order valence-electron chi connectivity index (χ2n) is 5.26. The molecule has 6 heteroatoms. The van der Waals surface area contributed by atoms with E-state index in [1.54, 1.807) is 0 Å². The van der Waals surface area contributed by atoms with Crippen molar-refractivity contribution < 1.29 is 14.3 Å². The lowest BCUT2D eigenvalue weighted by molar-refractivity contribution is -0.0394. The molecule has 2 heterocycles. The maximum atomic E-state index is 12.0. The molecule has 6 nitrogen and oxygen atoms in total. The van der Waals surface area contributed by atoms with E-state index in [9.17, 15) is 4.79 Å². The number of carbonyl (C=O) groups is 1. The van der Waals surface area contributed by atoms with Gasteiger partial charge in [0.25, 0.3) is 0 Å². The number of hydrogen-bond donors (Lipinski definition) is 1. The zero-order valence-corrected chi connectivity index (χ0v) is 13.2. The van der Waals surface area contributed by atoms with Crippen LogP contribution in [0.15, 0.2) is 0 Å². The number of hydrogen-bond acceptors (Lipinski definition) is 6. The molecular weight excluding hydrogens is 270 g/mol. The van der Waals surface area contributed by atoms with Gasteiger partial charge in [-0.15, -0.1) is 0 Å². The highest BCUT2D eigenvalue weighted by Gasteiger charge is 2.32. The largest absolute Gasteiger partial charge is 0.464 e. The van der Waals surface area contributed by atoms with Crippen LogP contribution in [0.25, 0.3) is 0 Å². The smallest absolute Gasteiger partial charge is 0.357 e. The average molecular weight is 293 g/mol.